The number of hydrogen-bond acceptors (Lipinski definition) is 5. The van der Waals surface area contributed by atoms with Crippen molar-refractivity contribution in [3.8, 4) is 0 Å². The van der Waals surface area contributed by atoms with Gasteiger partial charge in [-0.1, -0.05) is 19.0 Å². The summed E-state index contributed by atoms with van der Waals surface area (Å²) in [5, 5.41) is 18.0. The topological polar surface area (TPSA) is 104 Å². The van der Waals surface area contributed by atoms with Crippen molar-refractivity contribution in [1.29, 1.82) is 0 Å². The highest BCUT2D eigenvalue weighted by Gasteiger charge is 2.20. The van der Waals surface area contributed by atoms with Crippen LogP contribution in [-0.4, -0.2) is 34.7 Å². The number of rotatable bonds is 7. The molecule has 7 heteroatoms. The number of anilines is 1. The molecule has 0 saturated heterocycles. The van der Waals surface area contributed by atoms with Gasteiger partial charge in [0, 0.05) is 19.0 Å². The van der Waals surface area contributed by atoms with Crippen LogP contribution >= 0.6 is 0 Å². The Morgan fingerprint density at radius 3 is 2.63 bits per heavy atom. The molecule has 0 saturated carbocycles. The number of aryl methyl sites for hydroxylation is 1. The first-order valence-corrected chi connectivity index (χ1v) is 6.09. The Labute approximate surface area is 111 Å². The number of nitrogens with zero attached hydrogens (tertiary/aromatic N) is 1. The summed E-state index contributed by atoms with van der Waals surface area (Å²) < 4.78 is 4.81. The predicted octanol–water partition coefficient (Wildman–Crippen LogP) is 1.01. The molecule has 1 amide bonds. The summed E-state index contributed by atoms with van der Waals surface area (Å²) in [6.45, 7) is 5.64. The average molecular weight is 269 g/mol. The summed E-state index contributed by atoms with van der Waals surface area (Å²) in [7, 11) is 0. The zero-order chi connectivity index (χ0) is 14.4. The Bertz CT molecular complexity index is 442. The third-order valence-corrected chi connectivity index (χ3v) is 2.54. The van der Waals surface area contributed by atoms with Gasteiger partial charge in [-0.15, -0.1) is 0 Å². The number of carboxylic acids is 1. The molecule has 0 aromatic carbocycles. The van der Waals surface area contributed by atoms with Crippen LogP contribution in [0.1, 0.15) is 26.0 Å². The normalized spacial score (nSPS) is 12.4. The molecule has 1 heterocycles. The van der Waals surface area contributed by atoms with Crippen LogP contribution in [0.3, 0.4) is 0 Å². The molecule has 0 aliphatic rings. The van der Waals surface area contributed by atoms with Crippen molar-refractivity contribution in [3.63, 3.8) is 0 Å². The standard InChI is InChI=1S/C12H19N3O4/c1-7(2)11(12(17)18)13-5-4-10(16)14-9-6-8(3)19-15-9/h6-7,11,13H,4-5H2,1-3H3,(H,17,18)(H,14,15,16). The maximum absolute atomic E-state index is 11.6. The van der Waals surface area contributed by atoms with Gasteiger partial charge in [0.25, 0.3) is 0 Å². The number of aromatic nitrogens is 1. The number of carbonyl (C=O) groups excluding carboxylic acids is 1. The van der Waals surface area contributed by atoms with Gasteiger partial charge in [-0.25, -0.2) is 0 Å². The first-order valence-electron chi connectivity index (χ1n) is 6.09. The Morgan fingerprint density at radius 2 is 2.16 bits per heavy atom. The second kappa shape index (κ2) is 6.89. The van der Waals surface area contributed by atoms with E-state index in [0.717, 1.165) is 0 Å². The number of nitrogens with one attached hydrogen (secondary N) is 2. The van der Waals surface area contributed by atoms with Gasteiger partial charge in [0.05, 0.1) is 0 Å². The van der Waals surface area contributed by atoms with E-state index in [1.165, 1.54) is 0 Å². The van der Waals surface area contributed by atoms with Crippen LogP contribution in [0.15, 0.2) is 10.6 Å². The predicted molar refractivity (Wildman–Crippen MR) is 68.8 cm³/mol. The molecule has 0 aliphatic carbocycles. The summed E-state index contributed by atoms with van der Waals surface area (Å²) in [5.74, 6) is -0.227. The van der Waals surface area contributed by atoms with Gasteiger partial charge in [0.1, 0.15) is 11.8 Å². The molecule has 106 valence electrons. The second-order valence-electron chi connectivity index (χ2n) is 4.64. The molecule has 0 aliphatic heterocycles. The minimum atomic E-state index is -0.914. The first kappa shape index (κ1) is 15.2. The van der Waals surface area contributed by atoms with Crippen molar-refractivity contribution >= 4 is 17.7 Å². The van der Waals surface area contributed by atoms with E-state index in [2.05, 4.69) is 15.8 Å². The van der Waals surface area contributed by atoms with Crippen LogP contribution in [0, 0.1) is 12.8 Å². The molecule has 0 fully saturated rings. The molecule has 1 atom stereocenters. The summed E-state index contributed by atoms with van der Waals surface area (Å²) >= 11 is 0. The third kappa shape index (κ3) is 5.09. The third-order valence-electron chi connectivity index (χ3n) is 2.54. The van der Waals surface area contributed by atoms with E-state index in [1.807, 2.05) is 13.8 Å². The summed E-state index contributed by atoms with van der Waals surface area (Å²) in [6.07, 6.45) is 0.169. The van der Waals surface area contributed by atoms with E-state index < -0.39 is 12.0 Å². The molecule has 1 unspecified atom stereocenters. The summed E-state index contributed by atoms with van der Waals surface area (Å²) in [6, 6.07) is 0.960. The van der Waals surface area contributed by atoms with E-state index in [0.29, 0.717) is 11.6 Å². The van der Waals surface area contributed by atoms with E-state index in [1.54, 1.807) is 13.0 Å². The Kier molecular flexibility index (Phi) is 5.50. The number of hydrogen-bond donors (Lipinski definition) is 3. The quantitative estimate of drug-likeness (QED) is 0.682. The number of carbonyl (C=O) groups is 2. The van der Waals surface area contributed by atoms with Crippen LogP contribution in [0.4, 0.5) is 5.82 Å². The lowest BCUT2D eigenvalue weighted by molar-refractivity contribution is -0.140. The highest BCUT2D eigenvalue weighted by Crippen LogP contribution is 2.07. The molecular formula is C12H19N3O4. The van der Waals surface area contributed by atoms with Crippen LogP contribution in [0.2, 0.25) is 0 Å². The van der Waals surface area contributed by atoms with Crippen molar-refractivity contribution in [2.24, 2.45) is 5.92 Å². The lowest BCUT2D eigenvalue weighted by Crippen LogP contribution is -2.42. The maximum atomic E-state index is 11.6. The minimum Gasteiger partial charge on any atom is -0.480 e. The van der Waals surface area contributed by atoms with Gasteiger partial charge in [0.15, 0.2) is 5.82 Å². The molecule has 3 N–H and O–H groups in total. The monoisotopic (exact) mass is 269 g/mol. The van der Waals surface area contributed by atoms with Gasteiger partial charge in [0.2, 0.25) is 5.91 Å². The Hall–Kier alpha value is -1.89. The Balaban J connectivity index is 2.32. The average Bonchev–Trinajstić information content (AvgIpc) is 2.69. The smallest absolute Gasteiger partial charge is 0.320 e. The number of carboxylic acid groups (broad SMARTS) is 1. The van der Waals surface area contributed by atoms with Crippen molar-refractivity contribution in [1.82, 2.24) is 10.5 Å². The first-order chi connectivity index (χ1) is 8.90. The molecule has 1 aromatic rings. The summed E-state index contributed by atoms with van der Waals surface area (Å²) in [5.41, 5.74) is 0. The van der Waals surface area contributed by atoms with Crippen LogP contribution in [0.5, 0.6) is 0 Å². The van der Waals surface area contributed by atoms with E-state index >= 15 is 0 Å². The van der Waals surface area contributed by atoms with Gasteiger partial charge < -0.3 is 20.3 Å². The molecule has 19 heavy (non-hydrogen) atoms. The molecule has 0 radical (unpaired) electrons. The van der Waals surface area contributed by atoms with Crippen molar-refractivity contribution in [2.45, 2.75) is 33.2 Å². The molecule has 1 rings (SSSR count). The SMILES string of the molecule is Cc1cc(NC(=O)CCNC(C(=O)O)C(C)C)no1. The molecule has 0 spiro atoms. The summed E-state index contributed by atoms with van der Waals surface area (Å²) in [4.78, 5) is 22.5. The van der Waals surface area contributed by atoms with Crippen molar-refractivity contribution in [2.75, 3.05) is 11.9 Å². The van der Waals surface area contributed by atoms with Crippen LogP contribution < -0.4 is 10.6 Å². The lowest BCUT2D eigenvalue weighted by Gasteiger charge is -2.17. The number of amides is 1. The van der Waals surface area contributed by atoms with E-state index in [9.17, 15) is 9.59 Å². The van der Waals surface area contributed by atoms with Crippen LogP contribution in [0.25, 0.3) is 0 Å². The highest BCUT2D eigenvalue weighted by atomic mass is 16.5. The zero-order valence-corrected chi connectivity index (χ0v) is 11.3. The Morgan fingerprint density at radius 1 is 1.47 bits per heavy atom. The fourth-order valence-corrected chi connectivity index (χ4v) is 1.58. The van der Waals surface area contributed by atoms with Crippen LogP contribution in [-0.2, 0) is 9.59 Å². The number of aliphatic carboxylic acids is 1. The van der Waals surface area contributed by atoms with Gasteiger partial charge >= 0.3 is 5.97 Å². The molecular weight excluding hydrogens is 250 g/mol. The molecule has 1 aromatic heterocycles. The van der Waals surface area contributed by atoms with E-state index in [4.69, 9.17) is 9.63 Å². The zero-order valence-electron chi connectivity index (χ0n) is 11.3. The molecule has 0 bridgehead atoms. The van der Waals surface area contributed by atoms with Gasteiger partial charge in [-0.3, -0.25) is 9.59 Å². The van der Waals surface area contributed by atoms with E-state index in [-0.39, 0.29) is 24.8 Å². The van der Waals surface area contributed by atoms with Gasteiger partial charge in [-0.2, -0.15) is 0 Å². The van der Waals surface area contributed by atoms with Crippen molar-refractivity contribution in [3.05, 3.63) is 11.8 Å². The highest BCUT2D eigenvalue weighted by molar-refractivity contribution is 5.89. The second-order valence-corrected chi connectivity index (χ2v) is 4.64. The van der Waals surface area contributed by atoms with Crippen molar-refractivity contribution < 1.29 is 19.2 Å². The maximum Gasteiger partial charge on any atom is 0.320 e. The largest absolute Gasteiger partial charge is 0.480 e. The van der Waals surface area contributed by atoms with Gasteiger partial charge in [-0.05, 0) is 12.8 Å². The fourth-order valence-electron chi connectivity index (χ4n) is 1.58. The fraction of sp³-hybridized carbons (Fsp3) is 0.583. The lowest BCUT2D eigenvalue weighted by atomic mass is 10.0. The minimum absolute atomic E-state index is 0.0428. The molecule has 7 nitrogen and oxygen atoms in total.